The summed E-state index contributed by atoms with van der Waals surface area (Å²) < 4.78 is 7.59. The second kappa shape index (κ2) is 11.7. The molecular weight excluding hydrogens is 388 g/mol. The van der Waals surface area contributed by atoms with Gasteiger partial charge in [-0.15, -0.1) is 10.2 Å². The van der Waals surface area contributed by atoms with E-state index in [2.05, 4.69) is 69.3 Å². The Kier molecular flexibility index (Phi) is 8.46. The number of methoxy groups -OCH3 is 1. The molecule has 0 unspecified atom stereocenters. The van der Waals surface area contributed by atoms with Crippen LogP contribution in [0.2, 0.25) is 0 Å². The Balaban J connectivity index is 1.67. The molecule has 0 aliphatic heterocycles. The molecule has 0 radical (unpaired) electrons. The van der Waals surface area contributed by atoms with Gasteiger partial charge in [0.05, 0.1) is 7.11 Å². The van der Waals surface area contributed by atoms with Crippen LogP contribution in [-0.4, -0.2) is 52.9 Å². The Labute approximate surface area is 184 Å². The smallest absolute Gasteiger partial charge is 0.194 e. The lowest BCUT2D eigenvalue weighted by Crippen LogP contribution is -2.40. The van der Waals surface area contributed by atoms with Crippen LogP contribution in [0.15, 0.2) is 65.9 Å². The molecule has 0 amide bonds. The van der Waals surface area contributed by atoms with Gasteiger partial charge in [0.25, 0.3) is 0 Å². The number of nitrogens with one attached hydrogen (secondary N) is 1. The zero-order valence-corrected chi connectivity index (χ0v) is 18.7. The Morgan fingerprint density at radius 1 is 1.13 bits per heavy atom. The Bertz CT molecular complexity index is 953. The lowest BCUT2D eigenvalue weighted by Gasteiger charge is -2.24. The third-order valence-electron chi connectivity index (χ3n) is 5.11. The average molecular weight is 421 g/mol. The molecule has 7 heteroatoms. The molecule has 0 saturated heterocycles. The van der Waals surface area contributed by atoms with Gasteiger partial charge < -0.3 is 19.5 Å². The first kappa shape index (κ1) is 22.3. The molecule has 7 nitrogen and oxygen atoms in total. The van der Waals surface area contributed by atoms with Gasteiger partial charge in [0.15, 0.2) is 5.96 Å². The van der Waals surface area contributed by atoms with Gasteiger partial charge in [-0.3, -0.25) is 4.99 Å². The normalized spacial score (nSPS) is 11.4. The molecule has 3 rings (SSSR count). The van der Waals surface area contributed by atoms with Gasteiger partial charge >= 0.3 is 0 Å². The van der Waals surface area contributed by atoms with Crippen LogP contribution in [0.4, 0.5) is 0 Å². The van der Waals surface area contributed by atoms with E-state index in [1.807, 2.05) is 24.3 Å². The lowest BCUT2D eigenvalue weighted by molar-refractivity contribution is 0.395. The number of ether oxygens (including phenoxy) is 1. The SMILES string of the molecule is CCc1nncn1CCNC(=NCCc1ccccc1)N(C)Cc1ccccc1OC. The van der Waals surface area contributed by atoms with Crippen molar-refractivity contribution in [2.24, 2.45) is 4.99 Å². The second-order valence-electron chi connectivity index (χ2n) is 7.33. The van der Waals surface area contributed by atoms with Gasteiger partial charge in [0, 0.05) is 45.2 Å². The molecule has 0 atom stereocenters. The largest absolute Gasteiger partial charge is 0.496 e. The van der Waals surface area contributed by atoms with E-state index in [-0.39, 0.29) is 0 Å². The Hall–Kier alpha value is -3.35. The molecular formula is C24H32N6O. The molecule has 0 aliphatic rings. The molecule has 1 heterocycles. The van der Waals surface area contributed by atoms with Crippen molar-refractivity contribution in [1.29, 1.82) is 0 Å². The fourth-order valence-electron chi connectivity index (χ4n) is 3.44. The van der Waals surface area contributed by atoms with Crippen molar-refractivity contribution in [2.75, 3.05) is 27.2 Å². The van der Waals surface area contributed by atoms with E-state index in [4.69, 9.17) is 9.73 Å². The topological polar surface area (TPSA) is 67.6 Å². The zero-order valence-electron chi connectivity index (χ0n) is 18.7. The first-order valence-corrected chi connectivity index (χ1v) is 10.7. The maximum atomic E-state index is 5.52. The van der Waals surface area contributed by atoms with E-state index < -0.39 is 0 Å². The van der Waals surface area contributed by atoms with Gasteiger partial charge in [0.1, 0.15) is 17.9 Å². The van der Waals surface area contributed by atoms with E-state index >= 15 is 0 Å². The first-order chi connectivity index (χ1) is 15.2. The maximum absolute atomic E-state index is 5.52. The number of nitrogens with zero attached hydrogens (tertiary/aromatic N) is 5. The summed E-state index contributed by atoms with van der Waals surface area (Å²) in [5.74, 6) is 2.75. The number of aryl methyl sites for hydroxylation is 1. The fourth-order valence-corrected chi connectivity index (χ4v) is 3.44. The quantitative estimate of drug-likeness (QED) is 0.403. The maximum Gasteiger partial charge on any atom is 0.194 e. The second-order valence-corrected chi connectivity index (χ2v) is 7.33. The van der Waals surface area contributed by atoms with E-state index in [9.17, 15) is 0 Å². The predicted molar refractivity (Wildman–Crippen MR) is 124 cm³/mol. The van der Waals surface area contributed by atoms with Gasteiger partial charge in [-0.2, -0.15) is 0 Å². The monoisotopic (exact) mass is 420 g/mol. The van der Waals surface area contributed by atoms with Crippen LogP contribution in [0.5, 0.6) is 5.75 Å². The molecule has 0 saturated carbocycles. The Morgan fingerprint density at radius 2 is 1.90 bits per heavy atom. The summed E-state index contributed by atoms with van der Waals surface area (Å²) in [6.45, 7) is 5.04. The van der Waals surface area contributed by atoms with E-state index in [0.29, 0.717) is 6.54 Å². The third-order valence-corrected chi connectivity index (χ3v) is 5.11. The number of para-hydroxylation sites is 1. The number of rotatable bonds is 10. The molecule has 0 aliphatic carbocycles. The van der Waals surface area contributed by atoms with E-state index in [1.54, 1.807) is 13.4 Å². The third kappa shape index (κ3) is 6.57. The van der Waals surface area contributed by atoms with Gasteiger partial charge in [0.2, 0.25) is 0 Å². The van der Waals surface area contributed by atoms with E-state index in [1.165, 1.54) is 5.56 Å². The number of guanidine groups is 1. The molecule has 0 fully saturated rings. The summed E-state index contributed by atoms with van der Waals surface area (Å²) in [6, 6.07) is 18.5. The number of hydrogen-bond acceptors (Lipinski definition) is 4. The molecule has 31 heavy (non-hydrogen) atoms. The molecule has 164 valence electrons. The standard InChI is InChI=1S/C24H32N6O/c1-4-23-28-27-19-30(23)17-16-26-24(25-15-14-20-10-6-5-7-11-20)29(2)18-21-12-8-9-13-22(21)31-3/h5-13,19H,4,14-18H2,1-3H3,(H,25,26). The molecule has 2 aromatic carbocycles. The van der Waals surface area contributed by atoms with Gasteiger partial charge in [-0.05, 0) is 18.1 Å². The predicted octanol–water partition coefficient (Wildman–Crippen LogP) is 3.17. The highest BCUT2D eigenvalue weighted by molar-refractivity contribution is 5.79. The van der Waals surface area contributed by atoms with Crippen molar-refractivity contribution in [3.8, 4) is 5.75 Å². The highest BCUT2D eigenvalue weighted by atomic mass is 16.5. The van der Waals surface area contributed by atoms with Crippen LogP contribution >= 0.6 is 0 Å². The Morgan fingerprint density at radius 3 is 2.68 bits per heavy atom. The molecule has 0 spiro atoms. The fraction of sp³-hybridized carbons (Fsp3) is 0.375. The van der Waals surface area contributed by atoms with Crippen molar-refractivity contribution in [1.82, 2.24) is 25.0 Å². The average Bonchev–Trinajstić information content (AvgIpc) is 3.26. The van der Waals surface area contributed by atoms with Crippen molar-refractivity contribution in [3.63, 3.8) is 0 Å². The van der Waals surface area contributed by atoms with Crippen molar-refractivity contribution < 1.29 is 4.74 Å². The number of hydrogen-bond donors (Lipinski definition) is 1. The van der Waals surface area contributed by atoms with Crippen molar-refractivity contribution in [3.05, 3.63) is 77.9 Å². The minimum atomic E-state index is 0.702. The van der Waals surface area contributed by atoms with Crippen LogP contribution in [0.1, 0.15) is 23.9 Å². The summed E-state index contributed by atoms with van der Waals surface area (Å²) in [5.41, 5.74) is 2.41. The van der Waals surface area contributed by atoms with Crippen LogP contribution < -0.4 is 10.1 Å². The van der Waals surface area contributed by atoms with Gasteiger partial charge in [-0.1, -0.05) is 55.5 Å². The molecule has 1 N–H and O–H groups in total. The summed E-state index contributed by atoms with van der Waals surface area (Å²) in [6.07, 6.45) is 3.55. The number of aliphatic imine (C=N–C) groups is 1. The molecule has 0 bridgehead atoms. The molecule has 1 aromatic heterocycles. The summed E-state index contributed by atoms with van der Waals surface area (Å²) in [7, 11) is 3.76. The minimum absolute atomic E-state index is 0.702. The summed E-state index contributed by atoms with van der Waals surface area (Å²) in [4.78, 5) is 7.02. The lowest BCUT2D eigenvalue weighted by atomic mass is 10.1. The number of aromatic nitrogens is 3. The van der Waals surface area contributed by atoms with E-state index in [0.717, 1.165) is 55.6 Å². The highest BCUT2D eigenvalue weighted by Gasteiger charge is 2.11. The van der Waals surface area contributed by atoms with Crippen LogP contribution in [0, 0.1) is 0 Å². The van der Waals surface area contributed by atoms with Crippen LogP contribution in [-0.2, 0) is 25.9 Å². The summed E-state index contributed by atoms with van der Waals surface area (Å²) >= 11 is 0. The highest BCUT2D eigenvalue weighted by Crippen LogP contribution is 2.18. The first-order valence-electron chi connectivity index (χ1n) is 10.7. The van der Waals surface area contributed by atoms with Crippen molar-refractivity contribution in [2.45, 2.75) is 32.9 Å². The zero-order chi connectivity index (χ0) is 21.9. The summed E-state index contributed by atoms with van der Waals surface area (Å²) in [5, 5.41) is 11.7. The van der Waals surface area contributed by atoms with Crippen LogP contribution in [0.3, 0.4) is 0 Å². The molecule has 3 aromatic rings. The van der Waals surface area contributed by atoms with Crippen LogP contribution in [0.25, 0.3) is 0 Å². The van der Waals surface area contributed by atoms with Crippen molar-refractivity contribution >= 4 is 5.96 Å². The number of benzene rings is 2. The minimum Gasteiger partial charge on any atom is -0.496 e. The van der Waals surface area contributed by atoms with Gasteiger partial charge in [-0.25, -0.2) is 0 Å².